The topological polar surface area (TPSA) is 80.6 Å². The van der Waals surface area contributed by atoms with Crippen molar-refractivity contribution in [1.29, 1.82) is 0 Å². The highest BCUT2D eigenvalue weighted by Gasteiger charge is 2.19. The number of aromatic amines is 1. The monoisotopic (exact) mass is 308 g/mol. The molecule has 3 aromatic rings. The fourth-order valence-corrected chi connectivity index (χ4v) is 2.31. The summed E-state index contributed by atoms with van der Waals surface area (Å²) in [4.78, 5) is 27.5. The zero-order chi connectivity index (χ0) is 16.2. The average molecular weight is 308 g/mol. The Balaban J connectivity index is 1.64. The third kappa shape index (κ3) is 3.60. The van der Waals surface area contributed by atoms with Crippen LogP contribution in [0.2, 0.25) is 0 Å². The Morgan fingerprint density at radius 3 is 2.61 bits per heavy atom. The Morgan fingerprint density at radius 2 is 1.91 bits per heavy atom. The van der Waals surface area contributed by atoms with E-state index in [9.17, 15) is 9.59 Å². The van der Waals surface area contributed by atoms with Gasteiger partial charge in [-0.25, -0.2) is 4.98 Å². The molecule has 0 unspecified atom stereocenters. The van der Waals surface area contributed by atoms with Crippen molar-refractivity contribution in [2.75, 3.05) is 0 Å². The predicted molar refractivity (Wildman–Crippen MR) is 84.1 cm³/mol. The maximum Gasteiger partial charge on any atom is 0.265 e. The first-order valence-corrected chi connectivity index (χ1v) is 7.25. The molecular formula is C17H16N4O2. The number of Topliss-reactive ketones (excluding diaryl/α,β-unsaturated/α-hetero) is 2. The number of nitrogens with one attached hydrogen (secondary N) is 1. The van der Waals surface area contributed by atoms with Crippen molar-refractivity contribution in [1.82, 2.24) is 19.7 Å². The van der Waals surface area contributed by atoms with E-state index in [0.29, 0.717) is 0 Å². The number of benzene rings is 1. The van der Waals surface area contributed by atoms with Crippen molar-refractivity contribution in [2.45, 2.75) is 19.9 Å². The third-order valence-corrected chi connectivity index (χ3v) is 3.55. The lowest BCUT2D eigenvalue weighted by atomic mass is 10.1. The molecule has 0 amide bonds. The van der Waals surface area contributed by atoms with Crippen molar-refractivity contribution in [3.05, 3.63) is 71.6 Å². The minimum atomic E-state index is -0.645. The van der Waals surface area contributed by atoms with Crippen molar-refractivity contribution < 1.29 is 9.59 Å². The van der Waals surface area contributed by atoms with Gasteiger partial charge >= 0.3 is 0 Å². The van der Waals surface area contributed by atoms with Crippen LogP contribution in [0, 0.1) is 6.92 Å². The van der Waals surface area contributed by atoms with Gasteiger partial charge in [-0.05, 0) is 24.1 Å². The van der Waals surface area contributed by atoms with Gasteiger partial charge in [-0.15, -0.1) is 0 Å². The van der Waals surface area contributed by atoms with Gasteiger partial charge in [0.05, 0.1) is 0 Å². The van der Waals surface area contributed by atoms with Gasteiger partial charge in [-0.3, -0.25) is 14.7 Å². The van der Waals surface area contributed by atoms with Crippen LogP contribution in [-0.2, 0) is 17.8 Å². The zero-order valence-electron chi connectivity index (χ0n) is 12.7. The zero-order valence-corrected chi connectivity index (χ0v) is 12.7. The van der Waals surface area contributed by atoms with Gasteiger partial charge in [0.25, 0.3) is 5.78 Å². The highest BCUT2D eigenvalue weighted by atomic mass is 16.2. The first-order valence-electron chi connectivity index (χ1n) is 7.25. The Morgan fingerprint density at radius 1 is 1.13 bits per heavy atom. The molecular weight excluding hydrogens is 292 g/mol. The van der Waals surface area contributed by atoms with Gasteiger partial charge in [-0.2, -0.15) is 5.10 Å². The van der Waals surface area contributed by atoms with Crippen LogP contribution in [0.4, 0.5) is 0 Å². The second-order valence-corrected chi connectivity index (χ2v) is 5.44. The van der Waals surface area contributed by atoms with E-state index in [0.717, 1.165) is 12.1 Å². The van der Waals surface area contributed by atoms with E-state index in [1.807, 2.05) is 23.0 Å². The van der Waals surface area contributed by atoms with Crippen LogP contribution in [0.25, 0.3) is 0 Å². The lowest BCUT2D eigenvalue weighted by molar-refractivity contribution is -0.114. The molecule has 6 heteroatoms. The number of nitrogens with zero attached hydrogens (tertiary/aromatic N) is 3. The van der Waals surface area contributed by atoms with E-state index in [-0.39, 0.29) is 12.2 Å². The van der Waals surface area contributed by atoms with Gasteiger partial charge in [0.15, 0.2) is 5.82 Å². The van der Waals surface area contributed by atoms with Crippen LogP contribution in [0.5, 0.6) is 0 Å². The molecule has 116 valence electrons. The van der Waals surface area contributed by atoms with Crippen molar-refractivity contribution in [3.8, 4) is 0 Å². The minimum Gasteiger partial charge on any atom is -0.350 e. The molecule has 1 N–H and O–H groups in total. The van der Waals surface area contributed by atoms with Crippen LogP contribution in [0.3, 0.4) is 0 Å². The average Bonchev–Trinajstić information content (AvgIpc) is 3.21. The molecule has 0 fully saturated rings. The Hall–Kier alpha value is -3.02. The van der Waals surface area contributed by atoms with Gasteiger partial charge in [-0.1, -0.05) is 29.8 Å². The SMILES string of the molecule is Cc1ccc(Cn2ccc(CC(=O)C(=O)c3ncn[nH]3)c2)cc1. The number of aryl methyl sites for hydroxylation is 1. The molecule has 2 heterocycles. The summed E-state index contributed by atoms with van der Waals surface area (Å²) in [7, 11) is 0. The van der Waals surface area contributed by atoms with Crippen LogP contribution in [0.1, 0.15) is 27.3 Å². The summed E-state index contributed by atoms with van der Waals surface area (Å²) >= 11 is 0. The number of hydrogen-bond acceptors (Lipinski definition) is 4. The van der Waals surface area contributed by atoms with Crippen LogP contribution in [-0.4, -0.2) is 31.3 Å². The number of H-pyrrole nitrogens is 1. The van der Waals surface area contributed by atoms with E-state index in [2.05, 4.69) is 46.4 Å². The summed E-state index contributed by atoms with van der Waals surface area (Å²) in [5.41, 5.74) is 3.20. The number of carbonyl (C=O) groups excluding carboxylic acids is 2. The lowest BCUT2D eigenvalue weighted by Gasteiger charge is -2.03. The number of aromatic nitrogens is 4. The molecule has 0 aliphatic carbocycles. The first kappa shape index (κ1) is 14.9. The summed E-state index contributed by atoms with van der Waals surface area (Å²) in [6.45, 7) is 2.78. The standard InChI is InChI=1S/C17H16N4O2/c1-12-2-4-13(5-3-12)9-21-7-6-14(10-21)8-15(22)16(23)17-18-11-19-20-17/h2-7,10-11H,8-9H2,1H3,(H,18,19,20). The largest absolute Gasteiger partial charge is 0.350 e. The molecule has 0 saturated carbocycles. The smallest absolute Gasteiger partial charge is 0.265 e. The maximum atomic E-state index is 12.0. The summed E-state index contributed by atoms with van der Waals surface area (Å²) in [5, 5.41) is 5.99. The molecule has 0 atom stereocenters. The highest BCUT2D eigenvalue weighted by molar-refractivity contribution is 6.43. The molecule has 0 radical (unpaired) electrons. The van der Waals surface area contributed by atoms with Crippen LogP contribution < -0.4 is 0 Å². The lowest BCUT2D eigenvalue weighted by Crippen LogP contribution is -2.18. The molecule has 0 aliphatic heterocycles. The van der Waals surface area contributed by atoms with Gasteiger partial charge in [0.1, 0.15) is 6.33 Å². The molecule has 0 spiro atoms. The van der Waals surface area contributed by atoms with E-state index in [4.69, 9.17) is 0 Å². The quantitative estimate of drug-likeness (QED) is 0.557. The summed E-state index contributed by atoms with van der Waals surface area (Å²) in [6, 6.07) is 10.1. The van der Waals surface area contributed by atoms with Crippen molar-refractivity contribution >= 4 is 11.6 Å². The van der Waals surface area contributed by atoms with Crippen LogP contribution in [0.15, 0.2) is 49.1 Å². The van der Waals surface area contributed by atoms with Crippen molar-refractivity contribution in [2.24, 2.45) is 0 Å². The fraction of sp³-hybridized carbons (Fsp3) is 0.176. The van der Waals surface area contributed by atoms with E-state index in [1.165, 1.54) is 17.5 Å². The van der Waals surface area contributed by atoms with E-state index in [1.54, 1.807) is 0 Å². The molecule has 2 aromatic heterocycles. The minimum absolute atomic E-state index is 0.0194. The summed E-state index contributed by atoms with van der Waals surface area (Å²) in [5.74, 6) is -1.17. The van der Waals surface area contributed by atoms with E-state index < -0.39 is 11.6 Å². The van der Waals surface area contributed by atoms with Gasteiger partial charge in [0.2, 0.25) is 5.78 Å². The van der Waals surface area contributed by atoms with E-state index >= 15 is 0 Å². The second kappa shape index (κ2) is 6.39. The Kier molecular flexibility index (Phi) is 4.14. The number of ketones is 2. The summed E-state index contributed by atoms with van der Waals surface area (Å²) in [6.07, 6.45) is 5.05. The molecule has 3 rings (SSSR count). The number of rotatable bonds is 6. The third-order valence-electron chi connectivity index (χ3n) is 3.55. The first-order chi connectivity index (χ1) is 11.1. The molecule has 0 saturated heterocycles. The predicted octanol–water partition coefficient (Wildman–Crippen LogP) is 1.96. The van der Waals surface area contributed by atoms with Gasteiger partial charge < -0.3 is 4.57 Å². The van der Waals surface area contributed by atoms with Gasteiger partial charge in [0, 0.05) is 25.4 Å². The van der Waals surface area contributed by atoms with Crippen LogP contribution >= 0.6 is 0 Å². The van der Waals surface area contributed by atoms with Crippen molar-refractivity contribution in [3.63, 3.8) is 0 Å². The second-order valence-electron chi connectivity index (χ2n) is 5.44. The number of carbonyl (C=O) groups is 2. The summed E-state index contributed by atoms with van der Waals surface area (Å²) < 4.78 is 1.99. The fourth-order valence-electron chi connectivity index (χ4n) is 2.31. The maximum absolute atomic E-state index is 12.0. The molecule has 6 nitrogen and oxygen atoms in total. The Bertz CT molecular complexity index is 817. The molecule has 23 heavy (non-hydrogen) atoms. The molecule has 1 aromatic carbocycles. The number of hydrogen-bond donors (Lipinski definition) is 1. The molecule has 0 aliphatic rings. The normalized spacial score (nSPS) is 10.7. The molecule has 0 bridgehead atoms. The Labute approximate surface area is 133 Å². The highest BCUT2D eigenvalue weighted by Crippen LogP contribution is 2.09.